The lowest BCUT2D eigenvalue weighted by molar-refractivity contribution is 0.0956. The molecule has 2 amide bonds. The van der Waals surface area contributed by atoms with Crippen molar-refractivity contribution in [1.29, 1.82) is 0 Å². The normalized spacial score (nSPS) is 11.2. The van der Waals surface area contributed by atoms with E-state index < -0.39 is 21.8 Å². The summed E-state index contributed by atoms with van der Waals surface area (Å²) in [5.41, 5.74) is 3.70. The second-order valence-corrected chi connectivity index (χ2v) is 9.78. The van der Waals surface area contributed by atoms with Gasteiger partial charge in [-0.15, -0.1) is 11.3 Å². The minimum Gasteiger partial charge on any atom is -0.313 e. The Balaban J connectivity index is 2.12. The third kappa shape index (κ3) is 5.97. The van der Waals surface area contributed by atoms with Gasteiger partial charge in [-0.05, 0) is 56.0 Å². The van der Waals surface area contributed by atoms with Crippen LogP contribution in [-0.2, 0) is 10.0 Å². The molecule has 0 radical (unpaired) electrons. The Morgan fingerprint density at radius 3 is 2.37 bits per heavy atom. The predicted octanol–water partition coefficient (Wildman–Crippen LogP) is 3.55. The molecule has 1 heterocycles. The Morgan fingerprint density at radius 1 is 1.10 bits per heavy atom. The fraction of sp³-hybridized carbons (Fsp3) is 0.350. The van der Waals surface area contributed by atoms with E-state index in [1.165, 1.54) is 39.9 Å². The van der Waals surface area contributed by atoms with E-state index in [0.29, 0.717) is 22.8 Å². The van der Waals surface area contributed by atoms with Crippen LogP contribution in [0.5, 0.6) is 0 Å². The van der Waals surface area contributed by atoms with Crippen LogP contribution in [-0.4, -0.2) is 43.8 Å². The summed E-state index contributed by atoms with van der Waals surface area (Å²) in [4.78, 5) is 24.9. The summed E-state index contributed by atoms with van der Waals surface area (Å²) < 4.78 is 26.5. The number of nitrogens with zero attached hydrogens (tertiary/aromatic N) is 2. The molecule has 1 aromatic carbocycles. The van der Waals surface area contributed by atoms with Crippen LogP contribution in [0.4, 0.5) is 5.00 Å². The number of hydrogen-bond donors (Lipinski definition) is 2. The number of benzene rings is 1. The van der Waals surface area contributed by atoms with E-state index in [1.54, 1.807) is 32.3 Å². The van der Waals surface area contributed by atoms with Crippen LogP contribution in [0.3, 0.4) is 0 Å². The molecule has 1 aromatic heterocycles. The maximum absolute atomic E-state index is 12.6. The van der Waals surface area contributed by atoms with Gasteiger partial charge in [-0.1, -0.05) is 13.3 Å². The van der Waals surface area contributed by atoms with Crippen molar-refractivity contribution in [3.8, 4) is 0 Å². The molecule has 0 saturated carbocycles. The number of amides is 2. The van der Waals surface area contributed by atoms with E-state index in [9.17, 15) is 18.0 Å². The summed E-state index contributed by atoms with van der Waals surface area (Å²) >= 11 is 1.21. The molecular formula is C20H26N4O4S2. The maximum Gasteiger partial charge on any atom is 0.274 e. The first-order valence-corrected chi connectivity index (χ1v) is 11.7. The molecule has 30 heavy (non-hydrogen) atoms. The van der Waals surface area contributed by atoms with Crippen LogP contribution >= 0.6 is 11.3 Å². The Labute approximate surface area is 181 Å². The lowest BCUT2D eigenvalue weighted by Gasteiger charge is -2.17. The molecule has 0 bridgehead atoms. The fourth-order valence-electron chi connectivity index (χ4n) is 2.44. The van der Waals surface area contributed by atoms with Gasteiger partial charge in [-0.2, -0.15) is 5.10 Å². The van der Waals surface area contributed by atoms with Gasteiger partial charge in [-0.25, -0.2) is 18.1 Å². The number of nitrogens with one attached hydrogen (secondary N) is 2. The summed E-state index contributed by atoms with van der Waals surface area (Å²) in [6.07, 6.45) is 1.67. The molecule has 2 rings (SSSR count). The highest BCUT2D eigenvalue weighted by atomic mass is 32.2. The quantitative estimate of drug-likeness (QED) is 0.450. The number of hydrazone groups is 1. The van der Waals surface area contributed by atoms with Gasteiger partial charge in [0, 0.05) is 24.9 Å². The van der Waals surface area contributed by atoms with Crippen molar-refractivity contribution in [1.82, 2.24) is 9.73 Å². The lowest BCUT2D eigenvalue weighted by Crippen LogP contribution is -2.28. The van der Waals surface area contributed by atoms with Crippen LogP contribution in [0.1, 0.15) is 54.3 Å². The van der Waals surface area contributed by atoms with Crippen LogP contribution in [0, 0.1) is 0 Å². The molecule has 0 unspecified atom stereocenters. The highest BCUT2D eigenvalue weighted by molar-refractivity contribution is 7.89. The van der Waals surface area contributed by atoms with Crippen LogP contribution in [0.25, 0.3) is 0 Å². The minimum atomic E-state index is -3.60. The third-order valence-electron chi connectivity index (χ3n) is 4.17. The van der Waals surface area contributed by atoms with Gasteiger partial charge in [0.1, 0.15) is 5.00 Å². The lowest BCUT2D eigenvalue weighted by atomic mass is 10.2. The van der Waals surface area contributed by atoms with Crippen molar-refractivity contribution < 1.29 is 18.0 Å². The monoisotopic (exact) mass is 450 g/mol. The molecule has 0 spiro atoms. The average Bonchev–Trinajstić information content (AvgIpc) is 3.18. The molecule has 162 valence electrons. The molecular weight excluding hydrogens is 424 g/mol. The third-order valence-corrected chi connectivity index (χ3v) is 6.87. The number of anilines is 1. The summed E-state index contributed by atoms with van der Waals surface area (Å²) in [5.74, 6) is -0.866. The summed E-state index contributed by atoms with van der Waals surface area (Å²) in [6, 6.07) is 7.32. The number of rotatable bonds is 9. The van der Waals surface area contributed by atoms with E-state index in [0.717, 1.165) is 12.8 Å². The van der Waals surface area contributed by atoms with Gasteiger partial charge >= 0.3 is 0 Å². The van der Waals surface area contributed by atoms with Gasteiger partial charge < -0.3 is 5.32 Å². The van der Waals surface area contributed by atoms with Crippen LogP contribution < -0.4 is 10.7 Å². The molecule has 0 fully saturated rings. The zero-order valence-electron chi connectivity index (χ0n) is 17.4. The van der Waals surface area contributed by atoms with Crippen LogP contribution in [0.15, 0.2) is 45.7 Å². The SMILES string of the molecule is CCCCN(C)S(=O)(=O)c1ccc(C(=O)Nc2sccc2C(=O)NN=C(C)C)cc1. The van der Waals surface area contributed by atoms with Crippen molar-refractivity contribution in [2.24, 2.45) is 5.10 Å². The van der Waals surface area contributed by atoms with Gasteiger partial charge in [0.15, 0.2) is 0 Å². The molecule has 2 aromatic rings. The first-order chi connectivity index (χ1) is 14.2. The highest BCUT2D eigenvalue weighted by Crippen LogP contribution is 2.24. The van der Waals surface area contributed by atoms with Crippen molar-refractivity contribution in [2.45, 2.75) is 38.5 Å². The standard InChI is InChI=1S/C20H26N4O4S2/c1-5-6-12-24(4)30(27,28)16-9-7-15(8-10-16)18(25)21-20-17(11-13-29-20)19(26)23-22-14(2)3/h7-11,13H,5-6,12H2,1-4H3,(H,21,25)(H,23,26). The van der Waals surface area contributed by atoms with Crippen molar-refractivity contribution in [2.75, 3.05) is 18.9 Å². The molecule has 10 heteroatoms. The van der Waals surface area contributed by atoms with Crippen molar-refractivity contribution >= 4 is 43.9 Å². The number of sulfonamides is 1. The van der Waals surface area contributed by atoms with Crippen molar-refractivity contribution in [3.05, 3.63) is 46.8 Å². The zero-order chi connectivity index (χ0) is 22.3. The Hall–Kier alpha value is -2.56. The fourth-order valence-corrected chi connectivity index (χ4v) is 4.43. The van der Waals surface area contributed by atoms with E-state index in [1.807, 2.05) is 6.92 Å². The molecule has 0 saturated heterocycles. The molecule has 0 atom stereocenters. The summed E-state index contributed by atoms with van der Waals surface area (Å²) in [6.45, 7) is 5.94. The van der Waals surface area contributed by atoms with Gasteiger partial charge in [-0.3, -0.25) is 9.59 Å². The average molecular weight is 451 g/mol. The van der Waals surface area contributed by atoms with Crippen molar-refractivity contribution in [3.63, 3.8) is 0 Å². The highest BCUT2D eigenvalue weighted by Gasteiger charge is 2.21. The maximum atomic E-state index is 12.6. The first kappa shape index (κ1) is 23.7. The van der Waals surface area contributed by atoms with Gasteiger partial charge in [0.2, 0.25) is 10.0 Å². The molecule has 8 nitrogen and oxygen atoms in total. The van der Waals surface area contributed by atoms with E-state index in [-0.39, 0.29) is 10.5 Å². The van der Waals surface area contributed by atoms with E-state index in [2.05, 4.69) is 15.8 Å². The molecule has 0 aliphatic carbocycles. The first-order valence-electron chi connectivity index (χ1n) is 9.43. The largest absolute Gasteiger partial charge is 0.313 e. The number of unbranched alkanes of at least 4 members (excludes halogenated alkanes) is 1. The summed E-state index contributed by atoms with van der Waals surface area (Å²) in [7, 11) is -2.06. The van der Waals surface area contributed by atoms with Crippen LogP contribution in [0.2, 0.25) is 0 Å². The van der Waals surface area contributed by atoms with Gasteiger partial charge in [0.25, 0.3) is 11.8 Å². The summed E-state index contributed by atoms with van der Waals surface area (Å²) in [5, 5.41) is 8.64. The van der Waals surface area contributed by atoms with Gasteiger partial charge in [0.05, 0.1) is 10.5 Å². The Morgan fingerprint density at radius 2 is 1.77 bits per heavy atom. The topological polar surface area (TPSA) is 108 Å². The number of carbonyl (C=O) groups is 2. The minimum absolute atomic E-state index is 0.127. The zero-order valence-corrected chi connectivity index (χ0v) is 19.1. The Bertz CT molecular complexity index is 1020. The molecule has 0 aliphatic rings. The van der Waals surface area contributed by atoms with E-state index >= 15 is 0 Å². The van der Waals surface area contributed by atoms with E-state index in [4.69, 9.17) is 0 Å². The second-order valence-electron chi connectivity index (χ2n) is 6.82. The number of thiophene rings is 1. The molecule has 2 N–H and O–H groups in total. The Kier molecular flexibility index (Phi) is 8.27. The molecule has 0 aliphatic heterocycles. The smallest absolute Gasteiger partial charge is 0.274 e. The number of hydrogen-bond acceptors (Lipinski definition) is 6. The number of carbonyl (C=O) groups excluding carboxylic acids is 2. The second kappa shape index (κ2) is 10.5. The predicted molar refractivity (Wildman–Crippen MR) is 120 cm³/mol.